The molecule has 0 aliphatic heterocycles. The maximum atomic E-state index is 11.9. The van der Waals surface area contributed by atoms with Gasteiger partial charge in [0.15, 0.2) is 5.34 Å². The molecule has 5 nitrogen and oxygen atoms in total. The highest BCUT2D eigenvalue weighted by Gasteiger charge is 2.44. The normalized spacial score (nSPS) is 17.1. The molecule has 1 unspecified atom stereocenters. The summed E-state index contributed by atoms with van der Waals surface area (Å²) in [5.74, 6) is 0. The molecular formula is C8H20NO4P. The van der Waals surface area contributed by atoms with Crippen LogP contribution in [0.3, 0.4) is 0 Å². The molecule has 1 atom stereocenters. The van der Waals surface area contributed by atoms with E-state index in [2.05, 4.69) is 0 Å². The molecular weight excluding hydrogens is 205 g/mol. The van der Waals surface area contributed by atoms with Crippen LogP contribution in [-0.2, 0) is 13.6 Å². The lowest BCUT2D eigenvalue weighted by molar-refractivity contribution is 0.0797. The van der Waals surface area contributed by atoms with E-state index < -0.39 is 12.9 Å². The van der Waals surface area contributed by atoms with E-state index in [0.29, 0.717) is 13.0 Å². The third-order valence-corrected chi connectivity index (χ3v) is 4.47. The van der Waals surface area contributed by atoms with Crippen LogP contribution in [0.4, 0.5) is 0 Å². The van der Waals surface area contributed by atoms with Crippen LogP contribution in [0.1, 0.15) is 13.3 Å². The molecule has 0 saturated heterocycles. The van der Waals surface area contributed by atoms with Crippen molar-refractivity contribution in [2.24, 2.45) is 0 Å². The van der Waals surface area contributed by atoms with Gasteiger partial charge in [-0.3, -0.25) is 4.57 Å². The fraction of sp³-hybridized carbons (Fsp3) is 1.00. The van der Waals surface area contributed by atoms with Crippen LogP contribution in [0, 0.1) is 0 Å². The highest BCUT2D eigenvalue weighted by atomic mass is 31.2. The largest absolute Gasteiger partial charge is 0.377 e. The minimum absolute atomic E-state index is 0.332. The highest BCUT2D eigenvalue weighted by molar-refractivity contribution is 7.55. The first kappa shape index (κ1) is 14.1. The molecule has 0 radical (unpaired) electrons. The zero-order valence-corrected chi connectivity index (χ0v) is 10.4. The van der Waals surface area contributed by atoms with Crippen molar-refractivity contribution in [3.05, 3.63) is 0 Å². The molecule has 14 heavy (non-hydrogen) atoms. The molecule has 0 fully saturated rings. The van der Waals surface area contributed by atoms with E-state index in [1.165, 1.54) is 21.1 Å². The summed E-state index contributed by atoms with van der Waals surface area (Å²) in [5.41, 5.74) is 0. The second-order valence-corrected chi connectivity index (χ2v) is 6.32. The van der Waals surface area contributed by atoms with Gasteiger partial charge in [-0.25, -0.2) is 0 Å². The minimum Gasteiger partial charge on any atom is -0.377 e. The molecule has 0 aliphatic carbocycles. The summed E-state index contributed by atoms with van der Waals surface area (Å²) in [7, 11) is 2.88. The van der Waals surface area contributed by atoms with Crippen LogP contribution in [0.2, 0.25) is 0 Å². The second-order valence-electron chi connectivity index (χ2n) is 3.63. The van der Waals surface area contributed by atoms with Gasteiger partial charge in [0.2, 0.25) is 0 Å². The molecule has 0 aromatic rings. The molecule has 1 N–H and O–H groups in total. The topological polar surface area (TPSA) is 59.0 Å². The zero-order chi connectivity index (χ0) is 11.4. The quantitative estimate of drug-likeness (QED) is 0.687. The molecule has 86 valence electrons. The number of aliphatic hydroxyl groups is 1. The standard InChI is InChI=1S/C8H20NO4P/c1-8(10,6-7-9(2)3)14(11,12-4)13-5/h10H,6-7H2,1-5H3. The number of hydrogen-bond acceptors (Lipinski definition) is 5. The van der Waals surface area contributed by atoms with Gasteiger partial charge in [-0.1, -0.05) is 0 Å². The van der Waals surface area contributed by atoms with E-state index in [0.717, 1.165) is 0 Å². The van der Waals surface area contributed by atoms with E-state index in [1.807, 2.05) is 19.0 Å². The van der Waals surface area contributed by atoms with Crippen LogP contribution in [0.5, 0.6) is 0 Å². The molecule has 0 aromatic heterocycles. The molecule has 0 bridgehead atoms. The average Bonchev–Trinajstić information content (AvgIpc) is 2.13. The summed E-state index contributed by atoms with van der Waals surface area (Å²) in [6, 6.07) is 0. The van der Waals surface area contributed by atoms with E-state index in [9.17, 15) is 9.67 Å². The van der Waals surface area contributed by atoms with E-state index >= 15 is 0 Å². The average molecular weight is 225 g/mol. The van der Waals surface area contributed by atoms with Crippen LogP contribution < -0.4 is 0 Å². The summed E-state index contributed by atoms with van der Waals surface area (Å²) in [6.45, 7) is 2.08. The van der Waals surface area contributed by atoms with E-state index in [1.54, 1.807) is 0 Å². The highest BCUT2D eigenvalue weighted by Crippen LogP contribution is 2.58. The fourth-order valence-corrected chi connectivity index (χ4v) is 2.35. The number of hydrogen-bond donors (Lipinski definition) is 1. The van der Waals surface area contributed by atoms with E-state index in [4.69, 9.17) is 9.05 Å². The molecule has 0 amide bonds. The Hall–Kier alpha value is 0.0700. The SMILES string of the molecule is COP(=O)(OC)C(C)(O)CCN(C)C. The van der Waals surface area contributed by atoms with Crippen LogP contribution in [0.25, 0.3) is 0 Å². The summed E-state index contributed by atoms with van der Waals surface area (Å²) in [4.78, 5) is 1.89. The van der Waals surface area contributed by atoms with Crippen molar-refractivity contribution in [3.63, 3.8) is 0 Å². The Morgan fingerprint density at radius 3 is 2.07 bits per heavy atom. The number of nitrogens with zero attached hydrogens (tertiary/aromatic N) is 1. The van der Waals surface area contributed by atoms with E-state index in [-0.39, 0.29) is 0 Å². The predicted molar refractivity (Wildman–Crippen MR) is 55.4 cm³/mol. The Morgan fingerprint density at radius 2 is 1.79 bits per heavy atom. The lowest BCUT2D eigenvalue weighted by Gasteiger charge is -2.30. The van der Waals surface area contributed by atoms with Gasteiger partial charge >= 0.3 is 7.60 Å². The third-order valence-electron chi connectivity index (χ3n) is 2.10. The lowest BCUT2D eigenvalue weighted by atomic mass is 10.3. The Bertz CT molecular complexity index is 209. The summed E-state index contributed by atoms with van der Waals surface area (Å²) < 4.78 is 21.4. The Balaban J connectivity index is 4.50. The monoisotopic (exact) mass is 225 g/mol. The molecule has 0 rings (SSSR count). The fourth-order valence-electron chi connectivity index (χ4n) is 1.04. The Kier molecular flexibility index (Phi) is 5.26. The second kappa shape index (κ2) is 5.24. The minimum atomic E-state index is -3.41. The Labute approximate surface area is 85.5 Å². The molecule has 0 heterocycles. The molecule has 0 saturated carbocycles. The van der Waals surface area contributed by atoms with Gasteiger partial charge in [0.1, 0.15) is 0 Å². The van der Waals surface area contributed by atoms with Gasteiger partial charge in [0, 0.05) is 27.2 Å². The first-order chi connectivity index (χ1) is 6.29. The van der Waals surface area contributed by atoms with Gasteiger partial charge in [0.05, 0.1) is 0 Å². The van der Waals surface area contributed by atoms with Gasteiger partial charge in [-0.05, 0) is 21.0 Å². The first-order valence-corrected chi connectivity index (χ1v) is 5.92. The maximum Gasteiger partial charge on any atom is 0.361 e. The van der Waals surface area contributed by atoms with Crippen molar-refractivity contribution >= 4 is 7.60 Å². The van der Waals surface area contributed by atoms with Crippen LogP contribution >= 0.6 is 7.60 Å². The van der Waals surface area contributed by atoms with Crippen LogP contribution in [-0.4, -0.2) is 50.2 Å². The summed E-state index contributed by atoms with van der Waals surface area (Å²) >= 11 is 0. The van der Waals surface area contributed by atoms with Crippen molar-refractivity contribution in [3.8, 4) is 0 Å². The first-order valence-electron chi connectivity index (χ1n) is 4.38. The lowest BCUT2D eigenvalue weighted by Crippen LogP contribution is -2.30. The summed E-state index contributed by atoms with van der Waals surface area (Å²) in [5, 5.41) is 8.50. The smallest absolute Gasteiger partial charge is 0.361 e. The van der Waals surface area contributed by atoms with Crippen molar-refractivity contribution in [2.75, 3.05) is 34.9 Å². The van der Waals surface area contributed by atoms with Gasteiger partial charge in [0.25, 0.3) is 0 Å². The number of rotatable bonds is 6. The molecule has 0 aliphatic rings. The van der Waals surface area contributed by atoms with Crippen molar-refractivity contribution in [1.29, 1.82) is 0 Å². The predicted octanol–water partition coefficient (Wildman–Crippen LogP) is 1.13. The van der Waals surface area contributed by atoms with Gasteiger partial charge in [-0.15, -0.1) is 0 Å². The van der Waals surface area contributed by atoms with Crippen LogP contribution in [0.15, 0.2) is 0 Å². The van der Waals surface area contributed by atoms with Gasteiger partial charge in [-0.2, -0.15) is 0 Å². The maximum absolute atomic E-state index is 11.9. The third kappa shape index (κ3) is 3.33. The molecule has 6 heteroatoms. The summed E-state index contributed by atoms with van der Waals surface area (Å²) in [6.07, 6.45) is 0.332. The van der Waals surface area contributed by atoms with Crippen molar-refractivity contribution in [1.82, 2.24) is 4.90 Å². The Morgan fingerprint density at radius 1 is 1.36 bits per heavy atom. The zero-order valence-electron chi connectivity index (χ0n) is 9.48. The molecule has 0 aromatic carbocycles. The molecule has 0 spiro atoms. The van der Waals surface area contributed by atoms with Crippen molar-refractivity contribution in [2.45, 2.75) is 18.7 Å². The van der Waals surface area contributed by atoms with Crippen molar-refractivity contribution < 1.29 is 18.7 Å². The van der Waals surface area contributed by atoms with Gasteiger partial charge < -0.3 is 19.1 Å².